The fourth-order valence-electron chi connectivity index (χ4n) is 5.69. The summed E-state index contributed by atoms with van der Waals surface area (Å²) in [5, 5.41) is 0. The van der Waals surface area contributed by atoms with E-state index in [2.05, 4.69) is 52.6 Å². The Kier molecular flexibility index (Phi) is 6.68. The lowest BCUT2D eigenvalue weighted by molar-refractivity contribution is -0.0278. The molecule has 0 aliphatic carbocycles. The maximum atomic E-state index is 13.2. The van der Waals surface area contributed by atoms with E-state index in [4.69, 9.17) is 0 Å². The van der Waals surface area contributed by atoms with E-state index in [1.54, 1.807) is 0 Å². The van der Waals surface area contributed by atoms with Gasteiger partial charge >= 0.3 is 0 Å². The average molecular weight is 435 g/mol. The predicted molar refractivity (Wildman–Crippen MR) is 130 cm³/mol. The van der Waals surface area contributed by atoms with Crippen LogP contribution in [0.1, 0.15) is 66.7 Å². The Labute approximate surface area is 193 Å². The summed E-state index contributed by atoms with van der Waals surface area (Å²) in [5.41, 5.74) is 4.55. The van der Waals surface area contributed by atoms with Crippen LogP contribution < -0.4 is 0 Å². The monoisotopic (exact) mass is 434 g/mol. The molecule has 0 bridgehead atoms. The second-order valence-corrected chi connectivity index (χ2v) is 10.0. The zero-order valence-electron chi connectivity index (χ0n) is 20.3. The molecule has 2 saturated heterocycles. The first-order valence-electron chi connectivity index (χ1n) is 12.1. The van der Waals surface area contributed by atoms with Gasteiger partial charge in [0.05, 0.1) is 0 Å². The highest BCUT2D eigenvalue weighted by atomic mass is 16.2. The number of rotatable bonds is 4. The molecule has 1 aromatic carbocycles. The molecule has 1 aromatic heterocycles. The van der Waals surface area contributed by atoms with Gasteiger partial charge in [0.25, 0.3) is 5.91 Å². The molecule has 0 spiro atoms. The second-order valence-electron chi connectivity index (χ2n) is 10.0. The molecule has 3 heterocycles. The van der Waals surface area contributed by atoms with E-state index in [0.717, 1.165) is 62.3 Å². The maximum absolute atomic E-state index is 13.2. The quantitative estimate of drug-likeness (QED) is 0.712. The first-order valence-corrected chi connectivity index (χ1v) is 12.1. The van der Waals surface area contributed by atoms with Crippen molar-refractivity contribution < 1.29 is 4.79 Å². The van der Waals surface area contributed by atoms with Crippen molar-refractivity contribution in [2.45, 2.75) is 65.1 Å². The lowest BCUT2D eigenvalue weighted by atomic mass is 9.85. The van der Waals surface area contributed by atoms with Gasteiger partial charge in [-0.1, -0.05) is 18.2 Å². The maximum Gasteiger partial charge on any atom is 0.254 e. The van der Waals surface area contributed by atoms with Crippen molar-refractivity contribution in [3.8, 4) is 0 Å². The Morgan fingerprint density at radius 2 is 1.66 bits per heavy atom. The first-order chi connectivity index (χ1) is 15.3. The summed E-state index contributed by atoms with van der Waals surface area (Å²) in [6.45, 7) is 16.1. The highest BCUT2D eigenvalue weighted by Gasteiger charge is 2.40. The summed E-state index contributed by atoms with van der Waals surface area (Å²) in [4.78, 5) is 24.8. The number of carbonyl (C=O) groups is 1. The van der Waals surface area contributed by atoms with Crippen molar-refractivity contribution in [3.05, 3.63) is 65.0 Å². The molecular formula is C27H38N4O. The summed E-state index contributed by atoms with van der Waals surface area (Å²) in [5.74, 6) is 0.201. The normalized spacial score (nSPS) is 23.2. The molecular weight excluding hydrogens is 396 g/mol. The van der Waals surface area contributed by atoms with Gasteiger partial charge in [-0.3, -0.25) is 19.6 Å². The third-order valence-corrected chi connectivity index (χ3v) is 7.95. The van der Waals surface area contributed by atoms with Crippen LogP contribution in [0.5, 0.6) is 0 Å². The third kappa shape index (κ3) is 4.46. The number of amides is 1. The highest BCUT2D eigenvalue weighted by Crippen LogP contribution is 2.33. The second kappa shape index (κ2) is 9.32. The number of pyridine rings is 1. The smallest absolute Gasteiger partial charge is 0.254 e. The van der Waals surface area contributed by atoms with Gasteiger partial charge in [0.2, 0.25) is 0 Å². The molecule has 2 atom stereocenters. The number of hydrogen-bond donors (Lipinski definition) is 0. The van der Waals surface area contributed by atoms with Gasteiger partial charge in [-0.25, -0.2) is 0 Å². The lowest BCUT2D eigenvalue weighted by Gasteiger charge is -2.52. The highest BCUT2D eigenvalue weighted by molar-refractivity contribution is 5.97. The molecule has 2 aromatic rings. The number of nitrogens with zero attached hydrogens (tertiary/aromatic N) is 4. The minimum atomic E-state index is 0.164. The Morgan fingerprint density at radius 1 is 1.03 bits per heavy atom. The van der Waals surface area contributed by atoms with E-state index in [1.807, 2.05) is 44.4 Å². The van der Waals surface area contributed by atoms with Crippen molar-refractivity contribution in [1.29, 1.82) is 0 Å². The minimum absolute atomic E-state index is 0.164. The molecule has 0 saturated carbocycles. The Morgan fingerprint density at radius 3 is 2.25 bits per heavy atom. The van der Waals surface area contributed by atoms with Gasteiger partial charge in [-0.2, -0.15) is 0 Å². The predicted octanol–water partition coefficient (Wildman–Crippen LogP) is 4.46. The molecule has 2 aliphatic heterocycles. The van der Waals surface area contributed by atoms with E-state index in [0.29, 0.717) is 12.1 Å². The summed E-state index contributed by atoms with van der Waals surface area (Å²) in [6, 6.07) is 11.3. The van der Waals surface area contributed by atoms with Gasteiger partial charge in [0.15, 0.2) is 0 Å². The zero-order valence-corrected chi connectivity index (χ0v) is 20.3. The van der Waals surface area contributed by atoms with E-state index in [9.17, 15) is 4.79 Å². The number of piperidine rings is 1. The van der Waals surface area contributed by atoms with Gasteiger partial charge in [0.1, 0.15) is 0 Å². The summed E-state index contributed by atoms with van der Waals surface area (Å²) in [6.07, 6.45) is 5.86. The van der Waals surface area contributed by atoms with Gasteiger partial charge in [-0.15, -0.1) is 0 Å². The van der Waals surface area contributed by atoms with Crippen LogP contribution in [0.25, 0.3) is 0 Å². The molecule has 4 rings (SSSR count). The number of carbonyl (C=O) groups excluding carboxylic acids is 1. The topological polar surface area (TPSA) is 39.7 Å². The van der Waals surface area contributed by atoms with Crippen LogP contribution in [0.3, 0.4) is 0 Å². The van der Waals surface area contributed by atoms with E-state index in [1.165, 1.54) is 5.56 Å². The van der Waals surface area contributed by atoms with Crippen molar-refractivity contribution in [3.63, 3.8) is 0 Å². The fourth-order valence-corrected chi connectivity index (χ4v) is 5.69. The van der Waals surface area contributed by atoms with Crippen LogP contribution in [0.15, 0.2) is 42.7 Å². The molecule has 5 heteroatoms. The summed E-state index contributed by atoms with van der Waals surface area (Å²) < 4.78 is 0. The largest absolute Gasteiger partial charge is 0.338 e. The number of benzene rings is 1. The van der Waals surface area contributed by atoms with Crippen molar-refractivity contribution in [2.24, 2.45) is 0 Å². The van der Waals surface area contributed by atoms with Crippen LogP contribution in [-0.2, 0) is 0 Å². The Balaban J connectivity index is 1.37. The third-order valence-electron chi connectivity index (χ3n) is 7.95. The number of likely N-dealkylation sites (tertiary alicyclic amines) is 1. The molecule has 5 nitrogen and oxygen atoms in total. The Hall–Kier alpha value is -2.24. The number of piperazine rings is 1. The van der Waals surface area contributed by atoms with Crippen LogP contribution in [-0.4, -0.2) is 69.9 Å². The first kappa shape index (κ1) is 22.9. The molecule has 1 amide bonds. The van der Waals surface area contributed by atoms with E-state index in [-0.39, 0.29) is 11.4 Å². The van der Waals surface area contributed by atoms with Gasteiger partial charge < -0.3 is 4.90 Å². The van der Waals surface area contributed by atoms with E-state index < -0.39 is 0 Å². The summed E-state index contributed by atoms with van der Waals surface area (Å²) >= 11 is 0. The van der Waals surface area contributed by atoms with Crippen molar-refractivity contribution in [2.75, 3.05) is 32.7 Å². The molecule has 2 aliphatic rings. The van der Waals surface area contributed by atoms with Crippen LogP contribution in [0.2, 0.25) is 0 Å². The number of aromatic nitrogens is 1. The van der Waals surface area contributed by atoms with E-state index >= 15 is 0 Å². The molecule has 2 unspecified atom stereocenters. The lowest BCUT2D eigenvalue weighted by Crippen LogP contribution is -2.62. The fraction of sp³-hybridized carbons (Fsp3) is 0.556. The van der Waals surface area contributed by atoms with Gasteiger partial charge in [0, 0.05) is 68.3 Å². The van der Waals surface area contributed by atoms with Crippen LogP contribution in [0, 0.1) is 13.8 Å². The molecule has 0 N–H and O–H groups in total. The minimum Gasteiger partial charge on any atom is -0.338 e. The van der Waals surface area contributed by atoms with Crippen molar-refractivity contribution >= 4 is 5.91 Å². The SMILES string of the molecule is Cc1cccc(C)c1C(=O)N1CCC(C)(N2CCN(C(C)c3ccncc3)C(C)C2)CC1. The number of aryl methyl sites for hydroxylation is 2. The van der Waals surface area contributed by atoms with Crippen molar-refractivity contribution in [1.82, 2.24) is 19.7 Å². The number of hydrogen-bond acceptors (Lipinski definition) is 4. The Bertz CT molecular complexity index is 916. The average Bonchev–Trinajstić information content (AvgIpc) is 2.79. The standard InChI is InChI=1S/C27H38N4O/c1-20-7-6-8-21(2)25(20)26(32)29-15-11-27(5,12-16-29)30-17-18-31(22(3)19-30)23(4)24-9-13-28-14-10-24/h6-10,13-14,22-23H,11-12,15-19H2,1-5H3. The van der Waals surface area contributed by atoms with Crippen LogP contribution in [0.4, 0.5) is 0 Å². The van der Waals surface area contributed by atoms with Crippen LogP contribution >= 0.6 is 0 Å². The molecule has 0 radical (unpaired) electrons. The zero-order chi connectivity index (χ0) is 22.9. The molecule has 32 heavy (non-hydrogen) atoms. The molecule has 2 fully saturated rings. The summed E-state index contributed by atoms with van der Waals surface area (Å²) in [7, 11) is 0. The molecule has 172 valence electrons. The van der Waals surface area contributed by atoms with Gasteiger partial charge in [-0.05, 0) is 76.3 Å².